The molecule has 0 aliphatic carbocycles. The van der Waals surface area contributed by atoms with Crippen LogP contribution in [-0.4, -0.2) is 14.9 Å². The second kappa shape index (κ2) is 6.13. The number of hydrogen-bond acceptors (Lipinski definition) is 0. The lowest BCUT2D eigenvalue weighted by molar-refractivity contribution is 1.57. The van der Waals surface area contributed by atoms with Crippen molar-refractivity contribution in [3.05, 3.63) is 66.2 Å². The molecule has 1 aromatic carbocycles. The Morgan fingerprint density at radius 2 is 2.00 bits per heavy atom. The smallest absolute Gasteiger partial charge is 0.110 e. The van der Waals surface area contributed by atoms with Gasteiger partial charge in [-0.2, -0.15) is 0 Å². The van der Waals surface area contributed by atoms with Crippen molar-refractivity contribution < 1.29 is 0 Å². The lowest BCUT2D eigenvalue weighted by Gasteiger charge is -2.06. The van der Waals surface area contributed by atoms with Gasteiger partial charge in [0.1, 0.15) is 7.17 Å². The van der Waals surface area contributed by atoms with Gasteiger partial charge in [-0.3, -0.25) is 0 Å². The topological polar surface area (TPSA) is 0 Å². The third-order valence-electron chi connectivity index (χ3n) is 2.47. The van der Waals surface area contributed by atoms with E-state index < -0.39 is 0 Å². The molecule has 0 spiro atoms. The average molecular weight is 194 g/mol. The minimum atomic E-state index is 1.08. The van der Waals surface area contributed by atoms with Crippen molar-refractivity contribution in [3.8, 4) is 0 Å². The Hall–Kier alpha value is -1.43. The highest BCUT2D eigenvalue weighted by molar-refractivity contribution is 6.94. The Bertz CT molecular complexity index is 375. The van der Waals surface area contributed by atoms with Crippen LogP contribution in [0.25, 0.3) is 5.57 Å². The summed E-state index contributed by atoms with van der Waals surface area (Å²) in [4.78, 5) is 0. The second-order valence-electron chi connectivity index (χ2n) is 3.51. The van der Waals surface area contributed by atoms with Gasteiger partial charge < -0.3 is 0 Å². The summed E-state index contributed by atoms with van der Waals surface area (Å²) in [5.41, 5.74) is 3.98. The first-order valence-electron chi connectivity index (χ1n) is 5.33. The maximum absolute atomic E-state index is 3.70. The lowest BCUT2D eigenvalue weighted by atomic mass is 9.50. The van der Waals surface area contributed by atoms with Crippen LogP contribution < -0.4 is 0 Å². The maximum Gasteiger partial charge on any atom is 0.114 e. The maximum atomic E-state index is 3.70. The molecule has 0 nitrogen and oxygen atoms in total. The molecule has 0 fully saturated rings. The van der Waals surface area contributed by atoms with Crippen molar-refractivity contribution in [2.24, 2.45) is 0 Å². The summed E-state index contributed by atoms with van der Waals surface area (Å²) in [6.07, 6.45) is 5.93. The standard InChI is InChI=1S/C13H16B2/c1-3-4-10-13(11(2)15-14)12-8-6-5-7-9-12/h3-10,15H,1,14H2,2H3/b10-4-,13-11-. The molecule has 1 aromatic rings. The molecule has 0 amide bonds. The number of hydrogen-bond donors (Lipinski definition) is 0. The summed E-state index contributed by atoms with van der Waals surface area (Å²) in [6.45, 7) is 5.88. The van der Waals surface area contributed by atoms with Crippen molar-refractivity contribution in [3.63, 3.8) is 0 Å². The Morgan fingerprint density at radius 3 is 2.53 bits per heavy atom. The molecule has 0 aliphatic rings. The third kappa shape index (κ3) is 3.32. The number of allylic oxidation sites excluding steroid dienone is 5. The van der Waals surface area contributed by atoms with Crippen LogP contribution in [0.1, 0.15) is 12.5 Å². The minimum Gasteiger partial charge on any atom is -0.110 e. The molecule has 0 bridgehead atoms. The van der Waals surface area contributed by atoms with Gasteiger partial charge in [-0.25, -0.2) is 0 Å². The zero-order chi connectivity index (χ0) is 11.1. The zero-order valence-corrected chi connectivity index (χ0v) is 9.53. The fourth-order valence-corrected chi connectivity index (χ4v) is 1.46. The third-order valence-corrected chi connectivity index (χ3v) is 2.47. The van der Waals surface area contributed by atoms with E-state index in [4.69, 9.17) is 0 Å². The highest BCUT2D eigenvalue weighted by atomic mass is 14.0. The summed E-state index contributed by atoms with van der Waals surface area (Å²) in [7, 11) is 3.26. The van der Waals surface area contributed by atoms with Gasteiger partial charge in [0.2, 0.25) is 0 Å². The Kier molecular flexibility index (Phi) is 4.76. The van der Waals surface area contributed by atoms with E-state index in [2.05, 4.69) is 51.6 Å². The molecule has 0 N–H and O–H groups in total. The average Bonchev–Trinajstić information content (AvgIpc) is 2.30. The van der Waals surface area contributed by atoms with E-state index in [9.17, 15) is 0 Å². The largest absolute Gasteiger partial charge is 0.114 e. The Labute approximate surface area is 94.0 Å². The molecule has 2 heteroatoms. The molecule has 0 atom stereocenters. The van der Waals surface area contributed by atoms with E-state index in [1.165, 1.54) is 16.6 Å². The van der Waals surface area contributed by atoms with Crippen LogP contribution in [0, 0.1) is 0 Å². The van der Waals surface area contributed by atoms with E-state index in [0.717, 1.165) is 7.17 Å². The van der Waals surface area contributed by atoms with Crippen molar-refractivity contribution in [1.29, 1.82) is 0 Å². The first-order valence-corrected chi connectivity index (χ1v) is 5.33. The first-order chi connectivity index (χ1) is 7.29. The van der Waals surface area contributed by atoms with Crippen LogP contribution in [0.5, 0.6) is 0 Å². The van der Waals surface area contributed by atoms with Crippen LogP contribution >= 0.6 is 0 Å². The predicted molar refractivity (Wildman–Crippen MR) is 74.1 cm³/mol. The van der Waals surface area contributed by atoms with Crippen LogP contribution in [-0.2, 0) is 0 Å². The monoisotopic (exact) mass is 194 g/mol. The molecule has 0 radical (unpaired) electrons. The lowest BCUT2D eigenvalue weighted by Crippen LogP contribution is -1.95. The fraction of sp³-hybridized carbons (Fsp3) is 0.0769. The van der Waals surface area contributed by atoms with Crippen LogP contribution in [0.3, 0.4) is 0 Å². The Balaban J connectivity index is 3.13. The van der Waals surface area contributed by atoms with E-state index in [1.54, 1.807) is 0 Å². The number of rotatable bonds is 4. The van der Waals surface area contributed by atoms with Gasteiger partial charge >= 0.3 is 0 Å². The van der Waals surface area contributed by atoms with Gasteiger partial charge in [-0.05, 0) is 11.1 Å². The van der Waals surface area contributed by atoms with Gasteiger partial charge in [-0.15, -0.1) is 5.47 Å². The quantitative estimate of drug-likeness (QED) is 0.508. The van der Waals surface area contributed by atoms with Crippen LogP contribution in [0.15, 0.2) is 60.6 Å². The van der Waals surface area contributed by atoms with E-state index in [-0.39, 0.29) is 0 Å². The van der Waals surface area contributed by atoms with E-state index >= 15 is 0 Å². The summed E-state index contributed by atoms with van der Waals surface area (Å²) >= 11 is 0. The van der Waals surface area contributed by atoms with E-state index in [1.807, 2.05) is 18.2 Å². The first kappa shape index (κ1) is 11.6. The molecule has 0 heterocycles. The van der Waals surface area contributed by atoms with Gasteiger partial charge in [0.15, 0.2) is 0 Å². The van der Waals surface area contributed by atoms with Gasteiger partial charge in [0, 0.05) is 0 Å². The van der Waals surface area contributed by atoms with Crippen molar-refractivity contribution in [2.45, 2.75) is 6.92 Å². The summed E-state index contributed by atoms with van der Waals surface area (Å²) < 4.78 is 0. The molecule has 0 unspecified atom stereocenters. The SMILES string of the molecule is BB/C(C)=C(/C=C\C=C)c1ccccc1. The highest BCUT2D eigenvalue weighted by Crippen LogP contribution is 2.19. The number of benzene rings is 1. The molecule has 1 rings (SSSR count). The summed E-state index contributed by atoms with van der Waals surface area (Å²) in [6, 6.07) is 10.5. The van der Waals surface area contributed by atoms with Gasteiger partial charge in [0.05, 0.1) is 7.74 Å². The Morgan fingerprint density at radius 1 is 1.33 bits per heavy atom. The molecular formula is C13H16B2. The van der Waals surface area contributed by atoms with Crippen molar-refractivity contribution >= 4 is 20.5 Å². The van der Waals surface area contributed by atoms with Gasteiger partial charge in [-0.1, -0.05) is 62.1 Å². The van der Waals surface area contributed by atoms with Crippen molar-refractivity contribution in [1.82, 2.24) is 0 Å². The summed E-state index contributed by atoms with van der Waals surface area (Å²) in [5.74, 6) is 0. The molecule has 15 heavy (non-hydrogen) atoms. The van der Waals surface area contributed by atoms with E-state index in [0.29, 0.717) is 0 Å². The normalized spacial score (nSPS) is 12.3. The molecule has 0 saturated heterocycles. The molecule has 74 valence electrons. The molecule has 0 aromatic heterocycles. The molecule has 0 saturated carbocycles. The minimum absolute atomic E-state index is 1.08. The van der Waals surface area contributed by atoms with Crippen LogP contribution in [0.2, 0.25) is 0 Å². The van der Waals surface area contributed by atoms with Gasteiger partial charge in [0.25, 0.3) is 0 Å². The predicted octanol–water partition coefficient (Wildman–Crippen LogP) is 2.14. The zero-order valence-electron chi connectivity index (χ0n) is 9.53. The molecular weight excluding hydrogens is 178 g/mol. The van der Waals surface area contributed by atoms with Crippen molar-refractivity contribution in [2.75, 3.05) is 0 Å². The van der Waals surface area contributed by atoms with Crippen LogP contribution in [0.4, 0.5) is 0 Å². The summed E-state index contributed by atoms with van der Waals surface area (Å²) in [5, 5.41) is 0. The second-order valence-corrected chi connectivity index (χ2v) is 3.51. The fourth-order valence-electron chi connectivity index (χ4n) is 1.46. The highest BCUT2D eigenvalue weighted by Gasteiger charge is 2.00. The molecule has 0 aliphatic heterocycles.